The van der Waals surface area contributed by atoms with Crippen LogP contribution in [0.15, 0.2) is 72.8 Å². The molecule has 142 valence electrons. The van der Waals surface area contributed by atoms with Gasteiger partial charge >= 0.3 is 7.37 Å². The van der Waals surface area contributed by atoms with E-state index < -0.39 is 7.37 Å². The van der Waals surface area contributed by atoms with Crippen molar-refractivity contribution in [1.29, 1.82) is 0 Å². The zero-order chi connectivity index (χ0) is 19.7. The van der Waals surface area contributed by atoms with Crippen LogP contribution >= 0.6 is 18.7 Å². The van der Waals surface area contributed by atoms with Crippen molar-refractivity contribution in [2.45, 2.75) is 26.7 Å². The standard InChI is InChI=1S/C23H22NO2PS/c1-16(2)19-14-13-17(3)15-21(19)26-27(25,18-9-5-4-6-10-18)23-24-20-11-7-8-12-22(20)28-23/h4-16H,1-3H3. The average Bonchev–Trinajstić information content (AvgIpc) is 3.13. The maximum Gasteiger partial charge on any atom is 0.334 e. The van der Waals surface area contributed by atoms with Gasteiger partial charge in [0.1, 0.15) is 5.75 Å². The van der Waals surface area contributed by atoms with Gasteiger partial charge in [-0.3, -0.25) is 4.57 Å². The zero-order valence-electron chi connectivity index (χ0n) is 16.1. The molecule has 0 spiro atoms. The van der Waals surface area contributed by atoms with E-state index in [1.54, 1.807) is 0 Å². The molecular formula is C23H22NO2PS. The fourth-order valence-electron chi connectivity index (χ4n) is 3.15. The molecule has 0 saturated carbocycles. The molecule has 4 aromatic rings. The van der Waals surface area contributed by atoms with Crippen LogP contribution in [0.5, 0.6) is 5.75 Å². The second-order valence-electron chi connectivity index (χ2n) is 7.14. The van der Waals surface area contributed by atoms with Crippen LogP contribution in [0.25, 0.3) is 10.2 Å². The SMILES string of the molecule is Cc1ccc(C(C)C)c(OP(=O)(c2ccccc2)c2nc3ccccc3s2)c1. The van der Waals surface area contributed by atoms with E-state index in [9.17, 15) is 4.57 Å². The van der Waals surface area contributed by atoms with Crippen molar-refractivity contribution in [2.24, 2.45) is 0 Å². The van der Waals surface area contributed by atoms with Crippen LogP contribution < -0.4 is 14.6 Å². The first-order valence-electron chi connectivity index (χ1n) is 9.29. The van der Waals surface area contributed by atoms with Crippen molar-refractivity contribution >= 4 is 39.0 Å². The van der Waals surface area contributed by atoms with Crippen molar-refractivity contribution in [3.63, 3.8) is 0 Å². The first kappa shape index (κ1) is 18.9. The molecule has 0 bridgehead atoms. The Kier molecular flexibility index (Phi) is 5.09. The Morgan fingerprint density at radius 2 is 1.68 bits per heavy atom. The fourth-order valence-corrected chi connectivity index (χ4v) is 6.70. The number of hydrogen-bond donors (Lipinski definition) is 0. The minimum absolute atomic E-state index is 0.259. The summed E-state index contributed by atoms with van der Waals surface area (Å²) in [5, 5.41) is 0.658. The van der Waals surface area contributed by atoms with Gasteiger partial charge < -0.3 is 4.52 Å². The van der Waals surface area contributed by atoms with Crippen molar-refractivity contribution < 1.29 is 9.09 Å². The molecule has 0 N–H and O–H groups in total. The molecule has 5 heteroatoms. The third-order valence-corrected chi connectivity index (χ3v) is 8.52. The van der Waals surface area contributed by atoms with Gasteiger partial charge in [-0.1, -0.05) is 56.3 Å². The largest absolute Gasteiger partial charge is 0.435 e. The van der Waals surface area contributed by atoms with Gasteiger partial charge in [-0.15, -0.1) is 11.3 Å². The number of hydrogen-bond acceptors (Lipinski definition) is 4. The summed E-state index contributed by atoms with van der Waals surface area (Å²) >= 11 is 1.44. The molecule has 0 amide bonds. The Morgan fingerprint density at radius 3 is 2.39 bits per heavy atom. The van der Waals surface area contributed by atoms with Crippen LogP contribution in [0.4, 0.5) is 0 Å². The lowest BCUT2D eigenvalue weighted by atomic mass is 10.0. The van der Waals surface area contributed by atoms with E-state index in [2.05, 4.69) is 31.0 Å². The molecule has 3 aromatic carbocycles. The van der Waals surface area contributed by atoms with Crippen molar-refractivity contribution in [3.8, 4) is 5.75 Å². The average molecular weight is 407 g/mol. The summed E-state index contributed by atoms with van der Waals surface area (Å²) in [6.45, 7) is 6.24. The van der Waals surface area contributed by atoms with Gasteiger partial charge in [-0.05, 0) is 54.3 Å². The van der Waals surface area contributed by atoms with Gasteiger partial charge in [0.15, 0.2) is 4.75 Å². The first-order chi connectivity index (χ1) is 13.5. The number of rotatable bonds is 5. The van der Waals surface area contributed by atoms with Crippen LogP contribution in [0.1, 0.15) is 30.9 Å². The Bertz CT molecular complexity index is 1130. The third kappa shape index (κ3) is 3.50. The Morgan fingerprint density at radius 1 is 0.964 bits per heavy atom. The summed E-state index contributed by atoms with van der Waals surface area (Å²) in [5.74, 6) is 0.927. The summed E-state index contributed by atoms with van der Waals surface area (Å²) < 4.78 is 22.3. The van der Waals surface area contributed by atoms with E-state index >= 15 is 0 Å². The van der Waals surface area contributed by atoms with Gasteiger partial charge in [-0.25, -0.2) is 4.98 Å². The van der Waals surface area contributed by atoms with Crippen molar-refractivity contribution in [1.82, 2.24) is 4.98 Å². The van der Waals surface area contributed by atoms with Crippen LogP contribution in [0, 0.1) is 6.92 Å². The topological polar surface area (TPSA) is 39.2 Å². The molecule has 0 radical (unpaired) electrons. The Hall–Kier alpha value is -2.42. The molecule has 1 heterocycles. The lowest BCUT2D eigenvalue weighted by Gasteiger charge is -2.21. The molecule has 0 aliphatic heterocycles. The molecule has 0 fully saturated rings. The molecule has 0 saturated heterocycles. The maximum absolute atomic E-state index is 14.4. The van der Waals surface area contributed by atoms with E-state index in [-0.39, 0.29) is 5.92 Å². The first-order valence-corrected chi connectivity index (χ1v) is 11.7. The van der Waals surface area contributed by atoms with E-state index in [1.807, 2.05) is 67.6 Å². The molecule has 0 aliphatic carbocycles. The van der Waals surface area contributed by atoms with Gasteiger partial charge in [-0.2, -0.15) is 0 Å². The predicted octanol–water partition coefficient (Wildman–Crippen LogP) is 6.04. The minimum Gasteiger partial charge on any atom is -0.435 e. The summed E-state index contributed by atoms with van der Waals surface area (Å²) in [6.07, 6.45) is 0. The minimum atomic E-state index is -3.40. The number of aromatic nitrogens is 1. The lowest BCUT2D eigenvalue weighted by molar-refractivity contribution is 0.497. The molecule has 0 aliphatic rings. The van der Waals surface area contributed by atoms with Crippen LogP contribution in [0.3, 0.4) is 0 Å². The molecule has 1 aromatic heterocycles. The second kappa shape index (κ2) is 7.54. The lowest BCUT2D eigenvalue weighted by Crippen LogP contribution is -2.20. The maximum atomic E-state index is 14.4. The number of benzene rings is 3. The van der Waals surface area contributed by atoms with Gasteiger partial charge in [0.25, 0.3) is 0 Å². The summed E-state index contributed by atoms with van der Waals surface area (Å²) in [6, 6.07) is 23.3. The normalized spacial score (nSPS) is 13.6. The van der Waals surface area contributed by atoms with Crippen molar-refractivity contribution in [2.75, 3.05) is 0 Å². The second-order valence-corrected chi connectivity index (χ2v) is 10.7. The summed E-state index contributed by atoms with van der Waals surface area (Å²) in [5.41, 5.74) is 2.96. The highest BCUT2D eigenvalue weighted by molar-refractivity contribution is 7.79. The van der Waals surface area contributed by atoms with Crippen LogP contribution in [0.2, 0.25) is 0 Å². The number of aryl methyl sites for hydroxylation is 1. The highest BCUT2D eigenvalue weighted by Gasteiger charge is 2.35. The van der Waals surface area contributed by atoms with E-state index in [0.717, 1.165) is 21.3 Å². The fraction of sp³-hybridized carbons (Fsp3) is 0.174. The van der Waals surface area contributed by atoms with Gasteiger partial charge in [0.05, 0.1) is 15.5 Å². The van der Waals surface area contributed by atoms with E-state index in [4.69, 9.17) is 4.52 Å². The highest BCUT2D eigenvalue weighted by atomic mass is 32.1. The molecule has 1 unspecified atom stereocenters. The third-order valence-electron chi connectivity index (χ3n) is 4.65. The smallest absolute Gasteiger partial charge is 0.334 e. The number of para-hydroxylation sites is 1. The Labute approximate surface area is 169 Å². The molecule has 1 atom stereocenters. The summed E-state index contributed by atoms with van der Waals surface area (Å²) in [4.78, 5) is 4.68. The monoisotopic (exact) mass is 407 g/mol. The molecule has 3 nitrogen and oxygen atoms in total. The molecule has 4 rings (SSSR count). The van der Waals surface area contributed by atoms with Crippen LogP contribution in [-0.4, -0.2) is 4.98 Å². The molecule has 28 heavy (non-hydrogen) atoms. The predicted molar refractivity (Wildman–Crippen MR) is 119 cm³/mol. The van der Waals surface area contributed by atoms with Gasteiger partial charge in [0, 0.05) is 0 Å². The number of nitrogens with zero attached hydrogens (tertiary/aromatic N) is 1. The zero-order valence-corrected chi connectivity index (χ0v) is 17.8. The van der Waals surface area contributed by atoms with Crippen molar-refractivity contribution in [3.05, 3.63) is 83.9 Å². The quantitative estimate of drug-likeness (QED) is 0.379. The highest BCUT2D eigenvalue weighted by Crippen LogP contribution is 2.48. The van der Waals surface area contributed by atoms with E-state index in [0.29, 0.717) is 15.8 Å². The molecular weight excluding hydrogens is 385 g/mol. The number of thiazole rings is 1. The van der Waals surface area contributed by atoms with Gasteiger partial charge in [0.2, 0.25) is 0 Å². The summed E-state index contributed by atoms with van der Waals surface area (Å²) in [7, 11) is -3.40. The van der Waals surface area contributed by atoms with E-state index in [1.165, 1.54) is 11.3 Å². The number of fused-ring (bicyclic) bond motifs is 1. The van der Waals surface area contributed by atoms with Crippen LogP contribution in [-0.2, 0) is 4.57 Å². The Balaban J connectivity index is 1.90.